The number of carbonyl (C=O) groups excluding carboxylic acids is 1. The third-order valence-corrected chi connectivity index (χ3v) is 3.53. The van der Waals surface area contributed by atoms with Gasteiger partial charge in [0.25, 0.3) is 5.91 Å². The monoisotopic (exact) mass is 298 g/mol. The predicted molar refractivity (Wildman–Crippen MR) is 71.9 cm³/mol. The number of aliphatic hydroxyl groups excluding tert-OH is 3. The van der Waals surface area contributed by atoms with E-state index in [-0.39, 0.29) is 30.2 Å². The van der Waals surface area contributed by atoms with Crippen molar-refractivity contribution in [1.82, 2.24) is 10.6 Å². The summed E-state index contributed by atoms with van der Waals surface area (Å²) in [4.78, 5) is 11.9. The Hall–Kier alpha value is -1.87. The van der Waals surface area contributed by atoms with E-state index < -0.39 is 30.2 Å². The van der Waals surface area contributed by atoms with Crippen LogP contribution in [-0.4, -0.2) is 68.9 Å². The van der Waals surface area contributed by atoms with Crippen LogP contribution in [0.15, 0.2) is 18.2 Å². The summed E-state index contributed by atoms with van der Waals surface area (Å²) in [6.45, 7) is -0.385. The molecule has 116 valence electrons. The van der Waals surface area contributed by atoms with Gasteiger partial charge in [-0.2, -0.15) is 0 Å². The number of aliphatic hydroxyl groups is 3. The second kappa shape index (κ2) is 6.27. The fourth-order valence-electron chi connectivity index (χ4n) is 2.34. The molecule has 2 rings (SSSR count). The largest absolute Gasteiger partial charge is 0.507 e. The third kappa shape index (κ3) is 3.08. The highest BCUT2D eigenvalue weighted by molar-refractivity contribution is 5.99. The fraction of sp³-hybridized carbons (Fsp3) is 0.462. The van der Waals surface area contributed by atoms with Crippen molar-refractivity contribution in [1.29, 1.82) is 0 Å². The van der Waals surface area contributed by atoms with Crippen LogP contribution < -0.4 is 10.6 Å². The summed E-state index contributed by atoms with van der Waals surface area (Å²) in [5.74, 6) is -1.43. The molecule has 1 aliphatic rings. The maximum Gasteiger partial charge on any atom is 0.258 e. The van der Waals surface area contributed by atoms with Crippen molar-refractivity contribution < 1.29 is 30.3 Å². The van der Waals surface area contributed by atoms with Crippen molar-refractivity contribution >= 4 is 5.91 Å². The lowest BCUT2D eigenvalue weighted by atomic mass is 10.1. The van der Waals surface area contributed by atoms with Crippen LogP contribution in [0.25, 0.3) is 0 Å². The number of hydrogen-bond donors (Lipinski definition) is 7. The fourth-order valence-corrected chi connectivity index (χ4v) is 2.34. The van der Waals surface area contributed by atoms with Gasteiger partial charge in [0.05, 0.1) is 30.9 Å². The molecule has 0 unspecified atom stereocenters. The molecule has 21 heavy (non-hydrogen) atoms. The molecule has 0 saturated carbocycles. The van der Waals surface area contributed by atoms with Crippen LogP contribution in [0.3, 0.4) is 0 Å². The van der Waals surface area contributed by atoms with Gasteiger partial charge in [0, 0.05) is 6.54 Å². The van der Waals surface area contributed by atoms with E-state index in [1.54, 1.807) is 0 Å². The predicted octanol–water partition coefficient (Wildman–Crippen LogP) is -2.12. The first-order valence-electron chi connectivity index (χ1n) is 6.48. The number of phenols is 2. The van der Waals surface area contributed by atoms with Crippen LogP contribution in [0, 0.1) is 0 Å². The highest BCUT2D eigenvalue weighted by Crippen LogP contribution is 2.26. The van der Waals surface area contributed by atoms with Crippen molar-refractivity contribution in [2.75, 3.05) is 13.2 Å². The lowest BCUT2D eigenvalue weighted by Gasteiger charge is -2.17. The van der Waals surface area contributed by atoms with Crippen molar-refractivity contribution in [2.45, 2.75) is 24.3 Å². The number of benzene rings is 1. The summed E-state index contributed by atoms with van der Waals surface area (Å²) < 4.78 is 0. The maximum atomic E-state index is 11.9. The van der Waals surface area contributed by atoms with Crippen molar-refractivity contribution in [3.05, 3.63) is 23.8 Å². The van der Waals surface area contributed by atoms with Crippen LogP contribution in [0.1, 0.15) is 10.4 Å². The Bertz CT molecular complexity index is 503. The van der Waals surface area contributed by atoms with Crippen LogP contribution in [0.2, 0.25) is 0 Å². The normalized spacial score (nSPS) is 28.5. The third-order valence-electron chi connectivity index (χ3n) is 3.53. The Kier molecular flexibility index (Phi) is 4.63. The molecule has 0 aromatic heterocycles. The standard InChI is InChI=1S/C13H18N2O6/c16-5-7-12(20)11(19)6(15-7)4-14-13(21)10-8(17)2-1-3-9(10)18/h1-3,6-7,11-12,15-20H,4-5H2,(H,14,21)/t6-,7-,11-,12-/m1/s1. The SMILES string of the molecule is O=C(NC[C@H]1N[C@H](CO)[C@@H](O)[C@@H]1O)c1c(O)cccc1O. The van der Waals surface area contributed by atoms with E-state index in [4.69, 9.17) is 5.11 Å². The second-order valence-electron chi connectivity index (χ2n) is 4.92. The minimum Gasteiger partial charge on any atom is -0.507 e. The Balaban J connectivity index is 1.99. The van der Waals surface area contributed by atoms with Gasteiger partial charge in [-0.25, -0.2) is 0 Å². The summed E-state index contributed by atoms with van der Waals surface area (Å²) in [6, 6.07) is 2.62. The number of amides is 1. The highest BCUT2D eigenvalue weighted by Gasteiger charge is 2.40. The van der Waals surface area contributed by atoms with E-state index in [1.807, 2.05) is 0 Å². The van der Waals surface area contributed by atoms with Crippen LogP contribution in [0.5, 0.6) is 11.5 Å². The molecule has 1 saturated heterocycles. The lowest BCUT2D eigenvalue weighted by molar-refractivity contribution is 0.0197. The molecule has 1 fully saturated rings. The smallest absolute Gasteiger partial charge is 0.258 e. The molecule has 8 nitrogen and oxygen atoms in total. The van der Waals surface area contributed by atoms with Gasteiger partial charge in [0.2, 0.25) is 0 Å². The topological polar surface area (TPSA) is 142 Å². The molecule has 1 amide bonds. The first-order chi connectivity index (χ1) is 9.95. The molecule has 1 heterocycles. The van der Waals surface area contributed by atoms with E-state index in [9.17, 15) is 25.2 Å². The van der Waals surface area contributed by atoms with Gasteiger partial charge in [-0.15, -0.1) is 0 Å². The van der Waals surface area contributed by atoms with E-state index in [2.05, 4.69) is 10.6 Å². The molecular formula is C13H18N2O6. The van der Waals surface area contributed by atoms with Gasteiger partial charge in [0.1, 0.15) is 17.1 Å². The Morgan fingerprint density at radius 2 is 1.71 bits per heavy atom. The van der Waals surface area contributed by atoms with Crippen molar-refractivity contribution in [3.63, 3.8) is 0 Å². The molecule has 0 bridgehead atoms. The molecule has 8 heteroatoms. The second-order valence-corrected chi connectivity index (χ2v) is 4.92. The number of hydrogen-bond acceptors (Lipinski definition) is 7. The Morgan fingerprint density at radius 3 is 2.24 bits per heavy atom. The first-order valence-corrected chi connectivity index (χ1v) is 6.48. The number of carbonyl (C=O) groups is 1. The molecule has 1 aromatic carbocycles. The lowest BCUT2D eigenvalue weighted by Crippen LogP contribution is -2.44. The zero-order valence-electron chi connectivity index (χ0n) is 11.1. The van der Waals surface area contributed by atoms with Gasteiger partial charge in [-0.3, -0.25) is 4.79 Å². The highest BCUT2D eigenvalue weighted by atomic mass is 16.3. The van der Waals surface area contributed by atoms with E-state index in [1.165, 1.54) is 18.2 Å². The van der Waals surface area contributed by atoms with Crippen LogP contribution in [-0.2, 0) is 0 Å². The number of rotatable bonds is 4. The van der Waals surface area contributed by atoms with Gasteiger partial charge in [-0.1, -0.05) is 6.07 Å². The van der Waals surface area contributed by atoms with Gasteiger partial charge < -0.3 is 36.2 Å². The van der Waals surface area contributed by atoms with Gasteiger partial charge in [-0.05, 0) is 12.1 Å². The Labute approximate surface area is 120 Å². The van der Waals surface area contributed by atoms with Crippen LogP contribution >= 0.6 is 0 Å². The minimum absolute atomic E-state index is 0.0403. The zero-order valence-corrected chi connectivity index (χ0v) is 11.1. The van der Waals surface area contributed by atoms with E-state index in [0.29, 0.717) is 0 Å². The maximum absolute atomic E-state index is 11.9. The first kappa shape index (κ1) is 15.5. The van der Waals surface area contributed by atoms with Crippen LogP contribution in [0.4, 0.5) is 0 Å². The molecule has 1 aromatic rings. The average molecular weight is 298 g/mol. The van der Waals surface area contributed by atoms with Crippen molar-refractivity contribution in [3.8, 4) is 11.5 Å². The van der Waals surface area contributed by atoms with E-state index >= 15 is 0 Å². The summed E-state index contributed by atoms with van der Waals surface area (Å²) in [5.41, 5.74) is -0.260. The minimum atomic E-state index is -1.14. The quantitative estimate of drug-likeness (QED) is 0.337. The Morgan fingerprint density at radius 1 is 1.14 bits per heavy atom. The zero-order chi connectivity index (χ0) is 15.6. The molecule has 0 aliphatic carbocycles. The number of phenolic OH excluding ortho intramolecular Hbond substituents is 2. The van der Waals surface area contributed by atoms with Gasteiger partial charge in [0.15, 0.2) is 0 Å². The summed E-state index contributed by atoms with van der Waals surface area (Å²) in [6.07, 6.45) is -2.27. The average Bonchev–Trinajstić information content (AvgIpc) is 2.72. The molecular weight excluding hydrogens is 280 g/mol. The summed E-state index contributed by atoms with van der Waals surface area (Å²) in [5, 5.41) is 52.8. The van der Waals surface area contributed by atoms with Crippen molar-refractivity contribution in [2.24, 2.45) is 0 Å². The molecule has 0 spiro atoms. The summed E-state index contributed by atoms with van der Waals surface area (Å²) >= 11 is 0. The number of nitrogens with one attached hydrogen (secondary N) is 2. The molecule has 0 radical (unpaired) electrons. The molecule has 7 N–H and O–H groups in total. The van der Waals surface area contributed by atoms with E-state index in [0.717, 1.165) is 0 Å². The van der Waals surface area contributed by atoms with Gasteiger partial charge >= 0.3 is 0 Å². The molecule has 4 atom stereocenters. The molecule has 1 aliphatic heterocycles. The number of aromatic hydroxyl groups is 2. The summed E-state index contributed by atoms with van der Waals surface area (Å²) in [7, 11) is 0.